The first kappa shape index (κ1) is 17.4. The van der Waals surface area contributed by atoms with Crippen LogP contribution in [0.1, 0.15) is 16.2 Å². The molecule has 26 heavy (non-hydrogen) atoms. The first-order valence-electron chi connectivity index (χ1n) is 7.77. The third kappa shape index (κ3) is 3.20. The maximum absolute atomic E-state index is 12.2. The molecule has 132 valence electrons. The molecule has 3 aromatic rings. The van der Waals surface area contributed by atoms with E-state index >= 15 is 0 Å². The predicted molar refractivity (Wildman–Crippen MR) is 94.6 cm³/mol. The molecule has 1 heterocycles. The number of nitrogens with two attached hydrogens (primary N) is 1. The highest BCUT2D eigenvalue weighted by Gasteiger charge is 2.28. The molecule has 7 nitrogen and oxygen atoms in total. The van der Waals surface area contributed by atoms with E-state index in [0.29, 0.717) is 28.0 Å². The van der Waals surface area contributed by atoms with E-state index in [1.165, 1.54) is 0 Å². The number of benzene rings is 2. The zero-order chi connectivity index (χ0) is 18.8. The Bertz CT molecular complexity index is 1000. The first-order chi connectivity index (χ1) is 12.4. The number of nitrogens with zero attached hydrogens (tertiary/aromatic N) is 1. The minimum absolute atomic E-state index is 0.360. The number of pyridine rings is 1. The summed E-state index contributed by atoms with van der Waals surface area (Å²) in [4.78, 5) is 27.1. The summed E-state index contributed by atoms with van der Waals surface area (Å²) >= 11 is 0. The largest absolute Gasteiger partial charge is 0.505 e. The van der Waals surface area contributed by atoms with Gasteiger partial charge in [-0.25, -0.2) is 4.98 Å². The lowest BCUT2D eigenvalue weighted by Gasteiger charge is -2.12. The van der Waals surface area contributed by atoms with Crippen LogP contribution < -0.4 is 10.5 Å². The summed E-state index contributed by atoms with van der Waals surface area (Å²) in [5, 5.41) is 20.2. The summed E-state index contributed by atoms with van der Waals surface area (Å²) in [5.41, 5.74) is 5.43. The highest BCUT2D eigenvalue weighted by molar-refractivity contribution is 6.13. The number of aliphatic carboxylic acids is 1. The van der Waals surface area contributed by atoms with Crippen molar-refractivity contribution in [3.05, 3.63) is 59.9 Å². The number of carbonyl (C=O) groups excluding carboxylic acids is 1. The smallest absolute Gasteiger partial charge is 0.328 e. The van der Waals surface area contributed by atoms with Crippen LogP contribution in [0.15, 0.2) is 48.5 Å². The van der Waals surface area contributed by atoms with Crippen LogP contribution in [-0.4, -0.2) is 33.0 Å². The Morgan fingerprint density at radius 1 is 1.08 bits per heavy atom. The van der Waals surface area contributed by atoms with E-state index in [9.17, 15) is 14.7 Å². The fraction of sp³-hybridized carbons (Fsp3) is 0.105. The Morgan fingerprint density at radius 3 is 2.42 bits per heavy atom. The molecular formula is C19H16N2O5. The van der Waals surface area contributed by atoms with E-state index in [2.05, 4.69) is 4.98 Å². The maximum atomic E-state index is 12.2. The van der Waals surface area contributed by atoms with Crippen LogP contribution in [0.2, 0.25) is 0 Å². The molecule has 2 aromatic carbocycles. The van der Waals surface area contributed by atoms with Gasteiger partial charge in [0.2, 0.25) is 5.78 Å². The number of carbonyl (C=O) groups is 2. The fourth-order valence-electron chi connectivity index (χ4n) is 2.56. The van der Waals surface area contributed by atoms with Crippen molar-refractivity contribution in [1.29, 1.82) is 0 Å². The molecule has 1 aromatic heterocycles. The van der Waals surface area contributed by atoms with Gasteiger partial charge < -0.3 is 20.7 Å². The topological polar surface area (TPSA) is 123 Å². The standard InChI is InChI=1S/C19H16N2O5/c1-10-14-9-12(26-11-5-3-2-4-6-11)7-8-13(14)17(22)16(21-10)18(23)15(20)19(24)25/h2-9,15,22H,20H2,1H3,(H,24,25). The van der Waals surface area contributed by atoms with Crippen molar-refractivity contribution in [2.75, 3.05) is 0 Å². The summed E-state index contributed by atoms with van der Waals surface area (Å²) in [7, 11) is 0. The van der Waals surface area contributed by atoms with Gasteiger partial charge in [0, 0.05) is 16.5 Å². The SMILES string of the molecule is Cc1nc(C(=O)C(N)C(=O)O)c(O)c2ccc(Oc3ccccc3)cc12. The lowest BCUT2D eigenvalue weighted by molar-refractivity contribution is -0.137. The molecule has 0 bridgehead atoms. The summed E-state index contributed by atoms with van der Waals surface area (Å²) < 4.78 is 5.75. The van der Waals surface area contributed by atoms with Crippen LogP contribution >= 0.6 is 0 Å². The molecule has 1 unspecified atom stereocenters. The third-order valence-electron chi connectivity index (χ3n) is 3.90. The van der Waals surface area contributed by atoms with Crippen molar-refractivity contribution in [2.45, 2.75) is 13.0 Å². The van der Waals surface area contributed by atoms with Gasteiger partial charge in [-0.15, -0.1) is 0 Å². The molecule has 0 fully saturated rings. The minimum atomic E-state index is -1.79. The molecule has 1 atom stereocenters. The predicted octanol–water partition coefficient (Wildman–Crippen LogP) is 2.64. The second-order valence-electron chi connectivity index (χ2n) is 5.70. The zero-order valence-electron chi connectivity index (χ0n) is 13.8. The Hall–Kier alpha value is -3.45. The van der Waals surface area contributed by atoms with E-state index in [1.807, 2.05) is 30.3 Å². The third-order valence-corrected chi connectivity index (χ3v) is 3.90. The number of para-hydroxylation sites is 1. The minimum Gasteiger partial charge on any atom is -0.505 e. The monoisotopic (exact) mass is 352 g/mol. The van der Waals surface area contributed by atoms with Gasteiger partial charge in [0.1, 0.15) is 11.5 Å². The molecule has 0 spiro atoms. The van der Waals surface area contributed by atoms with Crippen LogP contribution in [-0.2, 0) is 4.79 Å². The van der Waals surface area contributed by atoms with Gasteiger partial charge in [0.15, 0.2) is 17.5 Å². The number of rotatable bonds is 5. The number of carboxylic acid groups (broad SMARTS) is 1. The Labute approximate surface area is 148 Å². The molecule has 0 aliphatic carbocycles. The van der Waals surface area contributed by atoms with Crippen molar-refractivity contribution in [3.63, 3.8) is 0 Å². The van der Waals surface area contributed by atoms with Crippen molar-refractivity contribution in [1.82, 2.24) is 4.98 Å². The van der Waals surface area contributed by atoms with Gasteiger partial charge in [-0.3, -0.25) is 9.59 Å². The van der Waals surface area contributed by atoms with Gasteiger partial charge in [-0.05, 0) is 37.3 Å². The highest BCUT2D eigenvalue weighted by atomic mass is 16.5. The average molecular weight is 352 g/mol. The maximum Gasteiger partial charge on any atom is 0.328 e. The summed E-state index contributed by atoms with van der Waals surface area (Å²) in [6.07, 6.45) is 0. The molecule has 7 heteroatoms. The van der Waals surface area contributed by atoms with Gasteiger partial charge >= 0.3 is 5.97 Å². The van der Waals surface area contributed by atoms with E-state index in [1.54, 1.807) is 25.1 Å². The number of ether oxygens (including phenoxy) is 1. The highest BCUT2D eigenvalue weighted by Crippen LogP contribution is 2.33. The molecule has 0 radical (unpaired) electrons. The number of carboxylic acids is 1. The Kier molecular flexibility index (Phi) is 4.55. The lowest BCUT2D eigenvalue weighted by atomic mass is 10.0. The number of aryl methyl sites for hydroxylation is 1. The van der Waals surface area contributed by atoms with E-state index in [4.69, 9.17) is 15.6 Å². The molecule has 4 N–H and O–H groups in total. The number of hydrogen-bond donors (Lipinski definition) is 3. The number of ketones is 1. The van der Waals surface area contributed by atoms with Crippen LogP contribution in [0.4, 0.5) is 0 Å². The van der Waals surface area contributed by atoms with E-state index in [0.717, 1.165) is 0 Å². The average Bonchev–Trinajstić information content (AvgIpc) is 2.64. The quantitative estimate of drug-likeness (QED) is 0.476. The molecular weight excluding hydrogens is 336 g/mol. The summed E-state index contributed by atoms with van der Waals surface area (Å²) in [5.74, 6) is -1.65. The van der Waals surface area contributed by atoms with Crippen LogP contribution in [0, 0.1) is 6.92 Å². The second kappa shape index (κ2) is 6.81. The zero-order valence-corrected chi connectivity index (χ0v) is 13.8. The van der Waals surface area contributed by atoms with Crippen LogP contribution in [0.25, 0.3) is 10.8 Å². The Balaban J connectivity index is 2.04. The number of Topliss-reactive ketones (excluding diaryl/α,β-unsaturated/α-hetero) is 1. The normalized spacial score (nSPS) is 11.9. The number of aromatic nitrogens is 1. The molecule has 0 saturated carbocycles. The van der Waals surface area contributed by atoms with Crippen LogP contribution in [0.5, 0.6) is 17.2 Å². The Morgan fingerprint density at radius 2 is 1.77 bits per heavy atom. The van der Waals surface area contributed by atoms with Crippen LogP contribution in [0.3, 0.4) is 0 Å². The molecule has 0 amide bonds. The molecule has 0 aliphatic rings. The lowest BCUT2D eigenvalue weighted by Crippen LogP contribution is -2.39. The van der Waals surface area contributed by atoms with Crippen molar-refractivity contribution in [2.24, 2.45) is 5.73 Å². The van der Waals surface area contributed by atoms with Crippen molar-refractivity contribution < 1.29 is 24.5 Å². The fourth-order valence-corrected chi connectivity index (χ4v) is 2.56. The number of fused-ring (bicyclic) bond motifs is 1. The van der Waals surface area contributed by atoms with Gasteiger partial charge in [-0.1, -0.05) is 18.2 Å². The van der Waals surface area contributed by atoms with E-state index in [-0.39, 0.29) is 5.69 Å². The van der Waals surface area contributed by atoms with E-state index < -0.39 is 23.5 Å². The van der Waals surface area contributed by atoms with Crippen molar-refractivity contribution in [3.8, 4) is 17.2 Å². The van der Waals surface area contributed by atoms with Gasteiger partial charge in [0.05, 0.1) is 0 Å². The van der Waals surface area contributed by atoms with Crippen molar-refractivity contribution >= 4 is 22.5 Å². The van der Waals surface area contributed by atoms with Gasteiger partial charge in [0.25, 0.3) is 0 Å². The first-order valence-corrected chi connectivity index (χ1v) is 7.77. The molecule has 3 rings (SSSR count). The number of hydrogen-bond acceptors (Lipinski definition) is 6. The molecule has 0 aliphatic heterocycles. The summed E-state index contributed by atoms with van der Waals surface area (Å²) in [6.45, 7) is 1.65. The summed E-state index contributed by atoms with van der Waals surface area (Å²) in [6, 6.07) is 12.3. The second-order valence-corrected chi connectivity index (χ2v) is 5.70. The molecule has 0 saturated heterocycles. The van der Waals surface area contributed by atoms with Gasteiger partial charge in [-0.2, -0.15) is 0 Å². The number of aromatic hydroxyl groups is 1.